The van der Waals surface area contributed by atoms with Gasteiger partial charge in [-0.3, -0.25) is 19.3 Å². The van der Waals surface area contributed by atoms with E-state index in [2.05, 4.69) is 4.98 Å². The molecule has 0 saturated carbocycles. The number of hydrogen-bond donors (Lipinski definition) is 0. The van der Waals surface area contributed by atoms with Crippen LogP contribution in [0.15, 0.2) is 66.0 Å². The first kappa shape index (κ1) is 18.8. The van der Waals surface area contributed by atoms with Crippen LogP contribution < -0.4 is 4.90 Å². The lowest BCUT2D eigenvalue weighted by Gasteiger charge is -2.24. The van der Waals surface area contributed by atoms with Crippen molar-refractivity contribution in [3.63, 3.8) is 0 Å². The van der Waals surface area contributed by atoms with Crippen molar-refractivity contribution in [3.05, 3.63) is 82.0 Å². The molecule has 5 nitrogen and oxygen atoms in total. The zero-order chi connectivity index (χ0) is 20.8. The Labute approximate surface area is 180 Å². The van der Waals surface area contributed by atoms with Crippen LogP contribution in [-0.2, 0) is 9.59 Å². The first-order chi connectivity index (χ1) is 14.5. The summed E-state index contributed by atoms with van der Waals surface area (Å²) in [6, 6.07) is 17.8. The van der Waals surface area contributed by atoms with E-state index in [1.165, 1.54) is 27.6 Å². The molecule has 1 saturated heterocycles. The number of aromatic nitrogens is 1. The number of fused-ring (bicyclic) bond motifs is 1. The molecule has 4 aromatic rings. The summed E-state index contributed by atoms with van der Waals surface area (Å²) in [5.41, 5.74) is 2.59. The van der Waals surface area contributed by atoms with Crippen molar-refractivity contribution >= 4 is 55.5 Å². The van der Waals surface area contributed by atoms with Gasteiger partial charge in [-0.2, -0.15) is 0 Å². The van der Waals surface area contributed by atoms with E-state index in [4.69, 9.17) is 0 Å². The Bertz CT molecular complexity index is 1280. The Morgan fingerprint density at radius 2 is 1.83 bits per heavy atom. The summed E-state index contributed by atoms with van der Waals surface area (Å²) in [5, 5.41) is 2.23. The molecule has 1 aliphatic heterocycles. The third-order valence-corrected chi connectivity index (χ3v) is 7.13. The van der Waals surface area contributed by atoms with Crippen LogP contribution in [0.25, 0.3) is 10.2 Å². The molecule has 0 bridgehead atoms. The van der Waals surface area contributed by atoms with Gasteiger partial charge in [0, 0.05) is 0 Å². The van der Waals surface area contributed by atoms with Crippen molar-refractivity contribution in [3.8, 4) is 0 Å². The van der Waals surface area contributed by atoms with Crippen molar-refractivity contribution in [1.29, 1.82) is 0 Å². The number of carbonyl (C=O) groups is 3. The first-order valence-corrected chi connectivity index (χ1v) is 11.1. The molecule has 0 radical (unpaired) electrons. The lowest BCUT2D eigenvalue weighted by atomic mass is 9.89. The summed E-state index contributed by atoms with van der Waals surface area (Å²) in [7, 11) is 0. The number of thiazole rings is 1. The average Bonchev–Trinajstić information content (AvgIpc) is 3.47. The first-order valence-electron chi connectivity index (χ1n) is 9.42. The molecular weight excluding hydrogens is 416 g/mol. The van der Waals surface area contributed by atoms with Crippen molar-refractivity contribution in [2.45, 2.75) is 13.0 Å². The minimum Gasteiger partial charge on any atom is -0.292 e. The Kier molecular flexibility index (Phi) is 4.56. The van der Waals surface area contributed by atoms with Gasteiger partial charge < -0.3 is 0 Å². The largest absolute Gasteiger partial charge is 0.297 e. The summed E-state index contributed by atoms with van der Waals surface area (Å²) in [6.45, 7) is 1.99. The van der Waals surface area contributed by atoms with Crippen LogP contribution in [0, 0.1) is 12.8 Å². The van der Waals surface area contributed by atoms with Gasteiger partial charge in [0.15, 0.2) is 10.9 Å². The van der Waals surface area contributed by atoms with Gasteiger partial charge in [0.2, 0.25) is 5.78 Å². The fourth-order valence-corrected chi connectivity index (χ4v) is 5.63. The fourth-order valence-electron chi connectivity index (χ4n) is 3.83. The van der Waals surface area contributed by atoms with E-state index < -0.39 is 23.7 Å². The number of anilines is 1. The van der Waals surface area contributed by atoms with E-state index in [-0.39, 0.29) is 5.78 Å². The monoisotopic (exact) mass is 432 g/mol. The van der Waals surface area contributed by atoms with Crippen molar-refractivity contribution in [2.24, 2.45) is 5.92 Å². The van der Waals surface area contributed by atoms with Gasteiger partial charge in [0.25, 0.3) is 5.91 Å². The van der Waals surface area contributed by atoms with E-state index >= 15 is 0 Å². The molecular formula is C23H16N2O3S2. The second-order valence-corrected chi connectivity index (χ2v) is 9.14. The molecule has 0 aliphatic carbocycles. The number of carbonyl (C=O) groups excluding carboxylic acids is 3. The van der Waals surface area contributed by atoms with Crippen LogP contribution in [-0.4, -0.2) is 22.5 Å². The summed E-state index contributed by atoms with van der Waals surface area (Å²) in [6.07, 6.45) is 0. The fraction of sp³-hybridized carbons (Fsp3) is 0.130. The van der Waals surface area contributed by atoms with E-state index in [9.17, 15) is 14.4 Å². The van der Waals surface area contributed by atoms with E-state index in [1.807, 2.05) is 55.5 Å². The third kappa shape index (κ3) is 2.98. The van der Waals surface area contributed by atoms with Crippen LogP contribution in [0.1, 0.15) is 26.8 Å². The maximum atomic E-state index is 13.2. The highest BCUT2D eigenvalue weighted by Crippen LogP contribution is 2.43. The quantitative estimate of drug-likeness (QED) is 0.263. The van der Waals surface area contributed by atoms with Gasteiger partial charge in [-0.1, -0.05) is 53.8 Å². The molecule has 0 N–H and O–H groups in total. The highest BCUT2D eigenvalue weighted by molar-refractivity contribution is 7.22. The number of Topliss-reactive ketones (excluding diaryl/α,β-unsaturated/α-hetero) is 2. The van der Waals surface area contributed by atoms with Gasteiger partial charge in [0.1, 0.15) is 5.92 Å². The molecule has 2 aromatic carbocycles. The lowest BCUT2D eigenvalue weighted by molar-refractivity contribution is -0.135. The van der Waals surface area contributed by atoms with Crippen LogP contribution in [0.4, 0.5) is 5.13 Å². The molecule has 1 aliphatic rings. The highest BCUT2D eigenvalue weighted by Gasteiger charge is 2.53. The molecule has 2 unspecified atom stereocenters. The molecule has 3 heterocycles. The standard InChI is InChI=1S/C23H16N2O3S2/c1-13-9-10-15-17(12-13)30-23(24-15)25-19(14-6-3-2-4-7-14)18(21(27)22(25)28)20(26)16-8-5-11-29-16/h2-12,18-19H,1H3. The van der Waals surface area contributed by atoms with Crippen molar-refractivity contribution in [1.82, 2.24) is 4.98 Å². The number of nitrogens with zero attached hydrogens (tertiary/aromatic N) is 2. The second kappa shape index (κ2) is 7.27. The number of benzene rings is 2. The number of aryl methyl sites for hydroxylation is 1. The van der Waals surface area contributed by atoms with Crippen LogP contribution in [0.5, 0.6) is 0 Å². The number of amides is 1. The van der Waals surface area contributed by atoms with Gasteiger partial charge in [0.05, 0.1) is 21.1 Å². The summed E-state index contributed by atoms with van der Waals surface area (Å²) in [5.74, 6) is -2.78. The summed E-state index contributed by atoms with van der Waals surface area (Å²) >= 11 is 2.63. The summed E-state index contributed by atoms with van der Waals surface area (Å²) in [4.78, 5) is 45.9. The van der Waals surface area contributed by atoms with Crippen LogP contribution in [0.3, 0.4) is 0 Å². The number of rotatable bonds is 4. The molecule has 1 amide bonds. The minimum absolute atomic E-state index is 0.323. The molecule has 2 atom stereocenters. The van der Waals surface area contributed by atoms with Crippen molar-refractivity contribution in [2.75, 3.05) is 4.90 Å². The number of thiophene rings is 1. The Morgan fingerprint density at radius 1 is 1.03 bits per heavy atom. The molecule has 1 fully saturated rings. The van der Waals surface area contributed by atoms with Crippen molar-refractivity contribution < 1.29 is 14.4 Å². The predicted octanol–water partition coefficient (Wildman–Crippen LogP) is 4.82. The SMILES string of the molecule is Cc1ccc2nc(N3C(=O)C(=O)C(C(=O)c4cccs4)C3c3ccccc3)sc2c1. The van der Waals surface area contributed by atoms with Gasteiger partial charge in [-0.15, -0.1) is 11.3 Å². The molecule has 2 aromatic heterocycles. The predicted molar refractivity (Wildman–Crippen MR) is 118 cm³/mol. The molecule has 7 heteroatoms. The molecule has 148 valence electrons. The second-order valence-electron chi connectivity index (χ2n) is 7.18. The van der Waals surface area contributed by atoms with Crippen LogP contribution >= 0.6 is 22.7 Å². The zero-order valence-corrected chi connectivity index (χ0v) is 17.6. The average molecular weight is 433 g/mol. The smallest absolute Gasteiger partial charge is 0.292 e. The van der Waals surface area contributed by atoms with Gasteiger partial charge in [-0.05, 0) is 41.6 Å². The zero-order valence-electron chi connectivity index (χ0n) is 15.9. The van der Waals surface area contributed by atoms with E-state index in [0.29, 0.717) is 10.0 Å². The Hall–Kier alpha value is -3.16. The normalized spacial score (nSPS) is 19.0. The maximum absolute atomic E-state index is 13.2. The Morgan fingerprint density at radius 3 is 2.57 bits per heavy atom. The molecule has 30 heavy (non-hydrogen) atoms. The van der Waals surface area contributed by atoms with Gasteiger partial charge >= 0.3 is 0 Å². The lowest BCUT2D eigenvalue weighted by Crippen LogP contribution is -2.30. The Balaban J connectivity index is 1.67. The van der Waals surface area contributed by atoms with E-state index in [0.717, 1.165) is 21.3 Å². The molecule has 0 spiro atoms. The highest BCUT2D eigenvalue weighted by atomic mass is 32.1. The maximum Gasteiger partial charge on any atom is 0.297 e. The third-order valence-electron chi connectivity index (χ3n) is 5.23. The molecule has 5 rings (SSSR count). The summed E-state index contributed by atoms with van der Waals surface area (Å²) < 4.78 is 0.935. The van der Waals surface area contributed by atoms with E-state index in [1.54, 1.807) is 17.5 Å². The van der Waals surface area contributed by atoms with Gasteiger partial charge in [-0.25, -0.2) is 4.98 Å². The van der Waals surface area contributed by atoms with Crippen LogP contribution in [0.2, 0.25) is 0 Å². The minimum atomic E-state index is -1.09. The number of ketones is 2. The number of hydrogen-bond acceptors (Lipinski definition) is 6. The topological polar surface area (TPSA) is 67.3 Å².